The zero-order valence-corrected chi connectivity index (χ0v) is 11.1. The summed E-state index contributed by atoms with van der Waals surface area (Å²) < 4.78 is 0. The van der Waals surface area contributed by atoms with E-state index in [2.05, 4.69) is 5.32 Å². The molecule has 0 radical (unpaired) electrons. The molecule has 102 valence electrons. The minimum atomic E-state index is -0.135. The fourth-order valence-corrected chi connectivity index (χ4v) is 4.37. The Kier molecular flexibility index (Phi) is 3.60. The molecular weight excluding hydrogens is 226 g/mol. The number of hydrogen-bond donors (Lipinski definition) is 2. The number of rotatable bonds is 3. The molecule has 0 aromatic carbocycles. The van der Waals surface area contributed by atoms with Gasteiger partial charge in [0.25, 0.3) is 0 Å². The molecular formula is C15H25NO2. The van der Waals surface area contributed by atoms with Crippen molar-refractivity contribution in [3.63, 3.8) is 0 Å². The van der Waals surface area contributed by atoms with Crippen LogP contribution < -0.4 is 5.32 Å². The van der Waals surface area contributed by atoms with Crippen molar-refractivity contribution in [3.8, 4) is 0 Å². The Balaban J connectivity index is 1.42. The molecule has 0 saturated heterocycles. The Morgan fingerprint density at radius 1 is 1.06 bits per heavy atom. The van der Waals surface area contributed by atoms with Crippen LogP contribution in [0.1, 0.15) is 57.8 Å². The second-order valence-electron chi connectivity index (χ2n) is 6.71. The van der Waals surface area contributed by atoms with Crippen molar-refractivity contribution in [2.75, 3.05) is 0 Å². The summed E-state index contributed by atoms with van der Waals surface area (Å²) >= 11 is 0. The van der Waals surface area contributed by atoms with Crippen molar-refractivity contribution in [1.29, 1.82) is 0 Å². The summed E-state index contributed by atoms with van der Waals surface area (Å²) in [5, 5.41) is 12.6. The van der Waals surface area contributed by atoms with Crippen LogP contribution in [-0.2, 0) is 4.79 Å². The van der Waals surface area contributed by atoms with E-state index in [9.17, 15) is 9.90 Å². The summed E-state index contributed by atoms with van der Waals surface area (Å²) in [6, 6.07) is 0.319. The highest BCUT2D eigenvalue weighted by Gasteiger charge is 2.40. The van der Waals surface area contributed by atoms with Crippen LogP contribution in [-0.4, -0.2) is 23.2 Å². The lowest BCUT2D eigenvalue weighted by molar-refractivity contribution is -0.123. The predicted octanol–water partition coefficient (Wildman–Crippen LogP) is 2.23. The van der Waals surface area contributed by atoms with Crippen molar-refractivity contribution >= 4 is 5.91 Å². The molecule has 0 spiro atoms. The number of hydrogen-bond acceptors (Lipinski definition) is 2. The van der Waals surface area contributed by atoms with Gasteiger partial charge in [-0.15, -0.1) is 0 Å². The van der Waals surface area contributed by atoms with E-state index in [4.69, 9.17) is 0 Å². The Bertz CT molecular complexity index is 310. The fourth-order valence-electron chi connectivity index (χ4n) is 4.37. The summed E-state index contributed by atoms with van der Waals surface area (Å²) in [6.07, 6.45) is 9.64. The Morgan fingerprint density at radius 3 is 2.44 bits per heavy atom. The van der Waals surface area contributed by atoms with Gasteiger partial charge < -0.3 is 10.4 Å². The molecule has 3 saturated carbocycles. The van der Waals surface area contributed by atoms with Gasteiger partial charge >= 0.3 is 0 Å². The topological polar surface area (TPSA) is 49.3 Å². The molecule has 3 atom stereocenters. The van der Waals surface area contributed by atoms with Gasteiger partial charge in [0, 0.05) is 12.5 Å². The van der Waals surface area contributed by atoms with Crippen LogP contribution in [0, 0.1) is 17.8 Å². The lowest BCUT2D eigenvalue weighted by Gasteiger charge is -2.27. The van der Waals surface area contributed by atoms with E-state index in [1.54, 1.807) is 0 Å². The largest absolute Gasteiger partial charge is 0.393 e. The molecule has 3 fully saturated rings. The van der Waals surface area contributed by atoms with Crippen molar-refractivity contribution in [2.24, 2.45) is 17.8 Å². The molecule has 3 heteroatoms. The van der Waals surface area contributed by atoms with Gasteiger partial charge in [0.2, 0.25) is 5.91 Å². The lowest BCUT2D eigenvalue weighted by Crippen LogP contribution is -2.39. The summed E-state index contributed by atoms with van der Waals surface area (Å²) in [5.41, 5.74) is 0. The number of fused-ring (bicyclic) bond motifs is 2. The van der Waals surface area contributed by atoms with Gasteiger partial charge in [-0.1, -0.05) is 6.42 Å². The Hall–Kier alpha value is -0.570. The molecule has 3 aliphatic rings. The highest BCUT2D eigenvalue weighted by molar-refractivity contribution is 5.76. The van der Waals surface area contributed by atoms with Crippen LogP contribution >= 0.6 is 0 Å². The third kappa shape index (κ3) is 2.71. The number of aliphatic hydroxyl groups is 1. The molecule has 18 heavy (non-hydrogen) atoms. The first-order valence-electron chi connectivity index (χ1n) is 7.68. The number of carbonyl (C=O) groups is 1. The minimum Gasteiger partial charge on any atom is -0.393 e. The average Bonchev–Trinajstić information content (AvgIpc) is 2.94. The molecule has 1 amide bonds. The molecule has 0 aliphatic heterocycles. The number of nitrogens with one attached hydrogen (secondary N) is 1. The standard InChI is InChI=1S/C15H25NO2/c17-14-5-3-13(4-6-14)16-15(18)9-12-8-10-1-2-11(12)7-10/h10-14,17H,1-9H2,(H,16,18)/t10-,11+,12+,13?,14?/m0/s1. The van der Waals surface area contributed by atoms with Crippen LogP contribution in [0.4, 0.5) is 0 Å². The summed E-state index contributed by atoms with van der Waals surface area (Å²) in [7, 11) is 0. The van der Waals surface area contributed by atoms with Crippen LogP contribution in [0.25, 0.3) is 0 Å². The van der Waals surface area contributed by atoms with E-state index >= 15 is 0 Å². The van der Waals surface area contributed by atoms with Crippen molar-refractivity contribution in [2.45, 2.75) is 69.9 Å². The minimum absolute atomic E-state index is 0.135. The quantitative estimate of drug-likeness (QED) is 0.808. The molecule has 3 nitrogen and oxygen atoms in total. The van der Waals surface area contributed by atoms with Gasteiger partial charge in [-0.3, -0.25) is 4.79 Å². The van der Waals surface area contributed by atoms with Crippen LogP contribution in [0.5, 0.6) is 0 Å². The Morgan fingerprint density at radius 2 is 1.83 bits per heavy atom. The number of aliphatic hydroxyl groups excluding tert-OH is 1. The molecule has 0 heterocycles. The van der Waals surface area contributed by atoms with E-state index < -0.39 is 0 Å². The molecule has 2 bridgehead atoms. The van der Waals surface area contributed by atoms with Gasteiger partial charge in [0.15, 0.2) is 0 Å². The zero-order valence-electron chi connectivity index (χ0n) is 11.1. The maximum atomic E-state index is 12.1. The first kappa shape index (κ1) is 12.5. The van der Waals surface area contributed by atoms with E-state index in [0.29, 0.717) is 12.0 Å². The number of amides is 1. The van der Waals surface area contributed by atoms with Crippen LogP contribution in [0.3, 0.4) is 0 Å². The number of carbonyl (C=O) groups excluding carboxylic acids is 1. The summed E-state index contributed by atoms with van der Waals surface area (Å²) in [5.74, 6) is 2.69. The molecule has 0 aromatic rings. The average molecular weight is 251 g/mol. The van der Waals surface area contributed by atoms with Gasteiger partial charge in [0.1, 0.15) is 0 Å². The molecule has 2 N–H and O–H groups in total. The molecule has 0 aromatic heterocycles. The summed E-state index contributed by atoms with van der Waals surface area (Å²) in [6.45, 7) is 0. The first-order valence-corrected chi connectivity index (χ1v) is 7.68. The predicted molar refractivity (Wildman–Crippen MR) is 70.0 cm³/mol. The van der Waals surface area contributed by atoms with Gasteiger partial charge in [-0.2, -0.15) is 0 Å². The van der Waals surface area contributed by atoms with Crippen LogP contribution in [0.15, 0.2) is 0 Å². The molecule has 3 aliphatic carbocycles. The monoisotopic (exact) mass is 251 g/mol. The SMILES string of the molecule is O=C(C[C@H]1C[C@H]2CC[C@@H]1C2)NC1CCC(O)CC1. The van der Waals surface area contributed by atoms with E-state index in [-0.39, 0.29) is 12.0 Å². The first-order chi connectivity index (χ1) is 8.70. The van der Waals surface area contributed by atoms with E-state index in [0.717, 1.165) is 43.9 Å². The summed E-state index contributed by atoms with van der Waals surface area (Å²) in [4.78, 5) is 12.1. The van der Waals surface area contributed by atoms with Crippen molar-refractivity contribution in [1.82, 2.24) is 5.32 Å². The van der Waals surface area contributed by atoms with E-state index in [1.807, 2.05) is 0 Å². The van der Waals surface area contributed by atoms with Crippen LogP contribution in [0.2, 0.25) is 0 Å². The zero-order chi connectivity index (χ0) is 12.5. The maximum Gasteiger partial charge on any atom is 0.220 e. The van der Waals surface area contributed by atoms with E-state index in [1.165, 1.54) is 25.7 Å². The van der Waals surface area contributed by atoms with Gasteiger partial charge in [-0.25, -0.2) is 0 Å². The normalized spacial score (nSPS) is 43.1. The molecule has 3 rings (SSSR count). The smallest absolute Gasteiger partial charge is 0.220 e. The second-order valence-corrected chi connectivity index (χ2v) is 6.71. The van der Waals surface area contributed by atoms with Gasteiger partial charge in [-0.05, 0) is 62.7 Å². The Labute approximate surface area is 109 Å². The lowest BCUT2D eigenvalue weighted by atomic mass is 9.86. The van der Waals surface area contributed by atoms with Gasteiger partial charge in [0.05, 0.1) is 6.10 Å². The second kappa shape index (κ2) is 5.20. The third-order valence-electron chi connectivity index (χ3n) is 5.39. The molecule has 0 unspecified atom stereocenters. The third-order valence-corrected chi connectivity index (χ3v) is 5.39. The van der Waals surface area contributed by atoms with Crippen molar-refractivity contribution in [3.05, 3.63) is 0 Å². The highest BCUT2D eigenvalue weighted by Crippen LogP contribution is 2.49. The maximum absolute atomic E-state index is 12.1. The highest BCUT2D eigenvalue weighted by atomic mass is 16.3. The van der Waals surface area contributed by atoms with Crippen molar-refractivity contribution < 1.29 is 9.90 Å². The fraction of sp³-hybridized carbons (Fsp3) is 0.933.